The molecule has 7 unspecified atom stereocenters. The van der Waals surface area contributed by atoms with E-state index in [-0.39, 0.29) is 12.5 Å². The number of carbonyl (C=O) groups is 1. The molecule has 9 heteroatoms. The largest absolute Gasteiger partial charge is 0.394 e. The molecule has 1 rings (SSSR count). The van der Waals surface area contributed by atoms with Crippen molar-refractivity contribution in [3.63, 3.8) is 0 Å². The topological polar surface area (TPSA) is 149 Å². The van der Waals surface area contributed by atoms with Gasteiger partial charge in [0.15, 0.2) is 6.29 Å². The fourth-order valence-corrected chi connectivity index (χ4v) is 7.36. The van der Waals surface area contributed by atoms with Crippen molar-refractivity contribution in [3.05, 3.63) is 36.5 Å². The van der Waals surface area contributed by atoms with Crippen LogP contribution in [-0.2, 0) is 14.3 Å². The molecule has 9 nitrogen and oxygen atoms in total. The smallest absolute Gasteiger partial charge is 0.220 e. The van der Waals surface area contributed by atoms with Crippen molar-refractivity contribution in [1.82, 2.24) is 5.32 Å². The molecule has 0 bridgehead atoms. The lowest BCUT2D eigenvalue weighted by molar-refractivity contribution is -0.302. The summed E-state index contributed by atoms with van der Waals surface area (Å²) >= 11 is 0. The SMILES string of the molecule is CCCCCCC/C=C\C/C=C\CCCCCCCCCCCCCCCCCC(=O)NC(COC1OC(CO)C(O)C(O)C1O)C(O)/C=C/CCCCCCC. The summed E-state index contributed by atoms with van der Waals surface area (Å²) < 4.78 is 11.1. The first-order valence-corrected chi connectivity index (χ1v) is 23.7. The number of hydrogen-bond acceptors (Lipinski definition) is 8. The molecule has 0 aliphatic carbocycles. The molecule has 1 heterocycles. The van der Waals surface area contributed by atoms with Gasteiger partial charge in [-0.2, -0.15) is 0 Å². The van der Waals surface area contributed by atoms with Gasteiger partial charge in [-0.15, -0.1) is 0 Å². The van der Waals surface area contributed by atoms with E-state index in [1.807, 2.05) is 6.08 Å². The van der Waals surface area contributed by atoms with E-state index in [4.69, 9.17) is 9.47 Å². The summed E-state index contributed by atoms with van der Waals surface area (Å²) in [5, 5.41) is 53.9. The summed E-state index contributed by atoms with van der Waals surface area (Å²) in [5.41, 5.74) is 0. The second-order valence-corrected chi connectivity index (χ2v) is 16.5. The molecule has 0 spiro atoms. The molecule has 0 saturated carbocycles. The number of carbonyl (C=O) groups excluding carboxylic acids is 1. The fraction of sp³-hybridized carbons (Fsp3) is 0.854. The molecule has 7 atom stereocenters. The van der Waals surface area contributed by atoms with Crippen LogP contribution in [0.4, 0.5) is 0 Å². The Morgan fingerprint density at radius 1 is 0.596 bits per heavy atom. The zero-order valence-corrected chi connectivity index (χ0v) is 36.6. The summed E-state index contributed by atoms with van der Waals surface area (Å²) in [6, 6.07) is -0.800. The van der Waals surface area contributed by atoms with Gasteiger partial charge in [0.1, 0.15) is 24.4 Å². The van der Waals surface area contributed by atoms with Gasteiger partial charge in [0.25, 0.3) is 0 Å². The van der Waals surface area contributed by atoms with Crippen LogP contribution in [0.5, 0.6) is 0 Å². The van der Waals surface area contributed by atoms with Crippen molar-refractivity contribution in [2.75, 3.05) is 13.2 Å². The van der Waals surface area contributed by atoms with Crippen LogP contribution in [0.1, 0.15) is 206 Å². The summed E-state index contributed by atoms with van der Waals surface area (Å²) in [7, 11) is 0. The average Bonchev–Trinajstić information content (AvgIpc) is 3.21. The molecule has 0 aromatic heterocycles. The van der Waals surface area contributed by atoms with Gasteiger partial charge in [0.05, 0.1) is 25.4 Å². The average molecular weight is 808 g/mol. The van der Waals surface area contributed by atoms with Crippen molar-refractivity contribution < 1.29 is 39.8 Å². The maximum Gasteiger partial charge on any atom is 0.220 e. The highest BCUT2D eigenvalue weighted by Gasteiger charge is 2.44. The maximum atomic E-state index is 12.9. The normalized spacial score (nSPS) is 21.3. The first kappa shape index (κ1) is 53.4. The number of allylic oxidation sites excluding steroid dienone is 5. The van der Waals surface area contributed by atoms with Gasteiger partial charge >= 0.3 is 0 Å². The van der Waals surface area contributed by atoms with E-state index in [1.165, 1.54) is 141 Å². The quantitative estimate of drug-likeness (QED) is 0.0266. The molecule has 6 N–H and O–H groups in total. The third-order valence-corrected chi connectivity index (χ3v) is 11.2. The van der Waals surface area contributed by atoms with Gasteiger partial charge in [0, 0.05) is 6.42 Å². The predicted octanol–water partition coefficient (Wildman–Crippen LogP) is 10.1. The summed E-state index contributed by atoms with van der Waals surface area (Å²) in [5.74, 6) is -0.181. The highest BCUT2D eigenvalue weighted by atomic mass is 16.7. The van der Waals surface area contributed by atoms with E-state index in [9.17, 15) is 30.3 Å². The Bertz CT molecular complexity index is 987. The van der Waals surface area contributed by atoms with E-state index in [1.54, 1.807) is 6.08 Å². The van der Waals surface area contributed by atoms with Crippen LogP contribution in [-0.4, -0.2) is 87.5 Å². The molecule has 334 valence electrons. The molecule has 0 aromatic carbocycles. The lowest BCUT2D eigenvalue weighted by Gasteiger charge is -2.40. The van der Waals surface area contributed by atoms with Crippen molar-refractivity contribution in [1.29, 1.82) is 0 Å². The molecule has 1 aliphatic rings. The zero-order valence-electron chi connectivity index (χ0n) is 36.6. The Hall–Kier alpha value is -1.59. The number of aliphatic hydroxyl groups is 5. The summed E-state index contributed by atoms with van der Waals surface area (Å²) in [6.07, 6.45) is 40.9. The number of unbranched alkanes of at least 4 members (excludes halogenated alkanes) is 25. The van der Waals surface area contributed by atoms with Crippen molar-refractivity contribution in [2.45, 2.75) is 249 Å². The minimum Gasteiger partial charge on any atom is -0.394 e. The van der Waals surface area contributed by atoms with Crippen LogP contribution in [0, 0.1) is 0 Å². The number of aliphatic hydroxyl groups excluding tert-OH is 5. The standard InChI is InChI=1S/C48H89NO8/c1-3-5-7-9-11-12-13-14-15-16-17-18-19-20-21-22-23-24-25-26-27-28-29-30-32-34-36-38-44(52)49-41(42(51)37-35-33-31-10-8-6-4-2)40-56-48-47(55)46(54)45(53)43(39-50)57-48/h13-14,16-17,35,37,41-43,45-48,50-51,53-55H,3-12,15,18-34,36,38-40H2,1-2H3,(H,49,52)/b14-13-,17-16-,37-35+. The van der Waals surface area contributed by atoms with E-state index >= 15 is 0 Å². The van der Waals surface area contributed by atoms with Crippen LogP contribution in [0.25, 0.3) is 0 Å². The minimum absolute atomic E-state index is 0.181. The van der Waals surface area contributed by atoms with Crippen molar-refractivity contribution >= 4 is 5.91 Å². The molecule has 1 fully saturated rings. The van der Waals surface area contributed by atoms with E-state index in [0.717, 1.165) is 44.9 Å². The zero-order chi connectivity index (χ0) is 41.6. The molecular formula is C48H89NO8. The summed E-state index contributed by atoms with van der Waals surface area (Å²) in [6.45, 7) is 3.70. The molecule has 0 aromatic rings. The lowest BCUT2D eigenvalue weighted by Crippen LogP contribution is -2.60. The second-order valence-electron chi connectivity index (χ2n) is 16.5. The molecule has 57 heavy (non-hydrogen) atoms. The van der Waals surface area contributed by atoms with E-state index in [0.29, 0.717) is 6.42 Å². The second kappa shape index (κ2) is 38.6. The van der Waals surface area contributed by atoms with Crippen molar-refractivity contribution in [3.8, 4) is 0 Å². The third kappa shape index (κ3) is 29.3. The minimum atomic E-state index is -1.56. The maximum absolute atomic E-state index is 12.9. The number of ether oxygens (including phenoxy) is 2. The summed E-state index contributed by atoms with van der Waals surface area (Å²) in [4.78, 5) is 12.9. The van der Waals surface area contributed by atoms with Gasteiger partial charge in [-0.25, -0.2) is 0 Å². The van der Waals surface area contributed by atoms with E-state index in [2.05, 4.69) is 43.5 Å². The highest BCUT2D eigenvalue weighted by molar-refractivity contribution is 5.76. The predicted molar refractivity (Wildman–Crippen MR) is 235 cm³/mol. The molecule has 1 aliphatic heterocycles. The monoisotopic (exact) mass is 808 g/mol. The van der Waals surface area contributed by atoms with Crippen molar-refractivity contribution in [2.24, 2.45) is 0 Å². The Kier molecular flexibility index (Phi) is 36.2. The highest BCUT2D eigenvalue weighted by Crippen LogP contribution is 2.22. The number of amides is 1. The van der Waals surface area contributed by atoms with Crippen LogP contribution < -0.4 is 5.32 Å². The van der Waals surface area contributed by atoms with E-state index < -0.39 is 49.5 Å². The first-order valence-electron chi connectivity index (χ1n) is 23.7. The van der Waals surface area contributed by atoms with Gasteiger partial charge in [0.2, 0.25) is 5.91 Å². The lowest BCUT2D eigenvalue weighted by atomic mass is 9.99. The van der Waals surface area contributed by atoms with Crippen LogP contribution >= 0.6 is 0 Å². The van der Waals surface area contributed by atoms with Gasteiger partial charge < -0.3 is 40.3 Å². The van der Waals surface area contributed by atoms with Gasteiger partial charge in [-0.05, 0) is 51.4 Å². The molecule has 0 radical (unpaired) electrons. The Labute approximate surface area is 349 Å². The third-order valence-electron chi connectivity index (χ3n) is 11.2. The molecule has 1 saturated heterocycles. The number of hydrogen-bond donors (Lipinski definition) is 6. The Morgan fingerprint density at radius 3 is 1.51 bits per heavy atom. The van der Waals surface area contributed by atoms with Gasteiger partial charge in [-0.3, -0.25) is 4.79 Å². The Morgan fingerprint density at radius 2 is 1.04 bits per heavy atom. The molecular weight excluding hydrogens is 719 g/mol. The van der Waals surface area contributed by atoms with Crippen LogP contribution in [0.2, 0.25) is 0 Å². The number of rotatable bonds is 39. The molecule has 1 amide bonds. The first-order chi connectivity index (χ1) is 27.8. The van der Waals surface area contributed by atoms with Crippen LogP contribution in [0.3, 0.4) is 0 Å². The number of nitrogens with one attached hydrogen (secondary N) is 1. The van der Waals surface area contributed by atoms with Crippen LogP contribution in [0.15, 0.2) is 36.5 Å². The Balaban J connectivity index is 2.14. The fourth-order valence-electron chi connectivity index (χ4n) is 7.36. The van der Waals surface area contributed by atoms with Gasteiger partial charge in [-0.1, -0.05) is 185 Å².